The number of nitrogens with one attached hydrogen (secondary N) is 1. The largest absolute Gasteiger partial charge is 0.488 e. The first-order valence-electron chi connectivity index (χ1n) is 5.98. The summed E-state index contributed by atoms with van der Waals surface area (Å²) in [6, 6.07) is 6.04. The van der Waals surface area contributed by atoms with Gasteiger partial charge in [0.25, 0.3) is 6.43 Å². The smallest absolute Gasteiger partial charge is 0.272 e. The minimum absolute atomic E-state index is 0.402. The van der Waals surface area contributed by atoms with Gasteiger partial charge in [0.2, 0.25) is 0 Å². The van der Waals surface area contributed by atoms with E-state index in [0.717, 1.165) is 19.4 Å². The molecule has 17 heavy (non-hydrogen) atoms. The molecule has 1 unspecified atom stereocenters. The van der Waals surface area contributed by atoms with Crippen LogP contribution in [0.5, 0.6) is 5.75 Å². The zero-order valence-corrected chi connectivity index (χ0v) is 9.88. The van der Waals surface area contributed by atoms with Gasteiger partial charge < -0.3 is 10.1 Å². The summed E-state index contributed by atoms with van der Waals surface area (Å²) in [5.74, 6) is 0.543. The second-order valence-corrected chi connectivity index (χ2v) is 4.21. The highest BCUT2D eigenvalue weighted by molar-refractivity contribution is 5.40. The van der Waals surface area contributed by atoms with E-state index in [1.54, 1.807) is 6.07 Å². The Balaban J connectivity index is 2.06. The zero-order valence-electron chi connectivity index (χ0n) is 9.88. The number of benzene rings is 1. The van der Waals surface area contributed by atoms with Gasteiger partial charge in [-0.2, -0.15) is 0 Å². The number of fused-ring (bicyclic) bond motifs is 1. The van der Waals surface area contributed by atoms with Gasteiger partial charge in [0.15, 0.2) is 0 Å². The Bertz CT molecular complexity index is 382. The molecule has 0 heterocycles. The van der Waals surface area contributed by atoms with E-state index in [-0.39, 0.29) is 0 Å². The topological polar surface area (TPSA) is 21.3 Å². The fourth-order valence-electron chi connectivity index (χ4n) is 2.30. The van der Waals surface area contributed by atoms with Crippen molar-refractivity contribution in [2.24, 2.45) is 0 Å². The first-order valence-corrected chi connectivity index (χ1v) is 5.98. The molecule has 0 aromatic heterocycles. The Labute approximate surface area is 100.0 Å². The fourth-order valence-corrected chi connectivity index (χ4v) is 2.30. The highest BCUT2D eigenvalue weighted by atomic mass is 19.3. The molecule has 94 valence electrons. The van der Waals surface area contributed by atoms with Crippen LogP contribution in [0.4, 0.5) is 8.78 Å². The lowest BCUT2D eigenvalue weighted by Crippen LogP contribution is -2.18. The van der Waals surface area contributed by atoms with E-state index >= 15 is 0 Å². The SMILES string of the molecule is CCNC1CCc2cc(OCC(F)F)ccc21. The van der Waals surface area contributed by atoms with E-state index in [9.17, 15) is 8.78 Å². The van der Waals surface area contributed by atoms with Crippen molar-refractivity contribution in [3.8, 4) is 5.75 Å². The van der Waals surface area contributed by atoms with Crippen molar-refractivity contribution in [1.82, 2.24) is 5.32 Å². The van der Waals surface area contributed by atoms with Crippen LogP contribution in [0, 0.1) is 0 Å². The predicted octanol–water partition coefficient (Wildman–Crippen LogP) is 2.93. The Hall–Kier alpha value is -1.16. The van der Waals surface area contributed by atoms with Crippen molar-refractivity contribution in [3.63, 3.8) is 0 Å². The molecule has 0 saturated heterocycles. The molecule has 0 amide bonds. The van der Waals surface area contributed by atoms with Gasteiger partial charge in [-0.25, -0.2) is 8.78 Å². The third kappa shape index (κ3) is 2.94. The third-order valence-electron chi connectivity index (χ3n) is 3.02. The molecule has 2 rings (SSSR count). The van der Waals surface area contributed by atoms with Gasteiger partial charge in [-0.05, 0) is 42.6 Å². The molecule has 0 bridgehead atoms. The van der Waals surface area contributed by atoms with Crippen molar-refractivity contribution in [1.29, 1.82) is 0 Å². The summed E-state index contributed by atoms with van der Waals surface area (Å²) >= 11 is 0. The number of halogens is 2. The second-order valence-electron chi connectivity index (χ2n) is 4.21. The zero-order chi connectivity index (χ0) is 12.3. The predicted molar refractivity (Wildman–Crippen MR) is 62.7 cm³/mol. The van der Waals surface area contributed by atoms with E-state index in [1.165, 1.54) is 11.1 Å². The molecule has 0 spiro atoms. The summed E-state index contributed by atoms with van der Waals surface area (Å²) in [4.78, 5) is 0. The van der Waals surface area contributed by atoms with Crippen molar-refractivity contribution < 1.29 is 13.5 Å². The van der Waals surface area contributed by atoms with E-state index in [2.05, 4.69) is 12.2 Å². The molecule has 2 nitrogen and oxygen atoms in total. The van der Waals surface area contributed by atoms with Crippen LogP contribution in [0.15, 0.2) is 18.2 Å². The molecule has 0 radical (unpaired) electrons. The fraction of sp³-hybridized carbons (Fsp3) is 0.538. The van der Waals surface area contributed by atoms with Crippen LogP contribution in [0.3, 0.4) is 0 Å². The van der Waals surface area contributed by atoms with Gasteiger partial charge in [0.05, 0.1) is 0 Å². The minimum atomic E-state index is -2.42. The molecule has 0 saturated carbocycles. The minimum Gasteiger partial charge on any atom is -0.488 e. The normalized spacial score (nSPS) is 18.5. The van der Waals surface area contributed by atoms with Crippen LogP contribution in [-0.4, -0.2) is 19.6 Å². The lowest BCUT2D eigenvalue weighted by Gasteiger charge is -2.13. The Morgan fingerprint density at radius 3 is 3.00 bits per heavy atom. The summed E-state index contributed by atoms with van der Waals surface area (Å²) < 4.78 is 29.1. The number of hydrogen-bond acceptors (Lipinski definition) is 2. The van der Waals surface area contributed by atoms with Crippen LogP contribution < -0.4 is 10.1 Å². The molecule has 1 aliphatic rings. The number of aryl methyl sites for hydroxylation is 1. The van der Waals surface area contributed by atoms with E-state index in [0.29, 0.717) is 11.8 Å². The Morgan fingerprint density at radius 1 is 1.47 bits per heavy atom. The lowest BCUT2D eigenvalue weighted by atomic mass is 10.1. The maximum absolute atomic E-state index is 12.0. The summed E-state index contributed by atoms with van der Waals surface area (Å²) in [5, 5.41) is 3.41. The number of alkyl halides is 2. The van der Waals surface area contributed by atoms with Crippen LogP contribution in [0.25, 0.3) is 0 Å². The van der Waals surface area contributed by atoms with Gasteiger partial charge in [0.1, 0.15) is 12.4 Å². The first-order chi connectivity index (χ1) is 8.20. The first kappa shape index (κ1) is 12.3. The van der Waals surface area contributed by atoms with Gasteiger partial charge in [0, 0.05) is 6.04 Å². The van der Waals surface area contributed by atoms with Crippen molar-refractivity contribution in [2.75, 3.05) is 13.2 Å². The van der Waals surface area contributed by atoms with Crippen molar-refractivity contribution >= 4 is 0 Å². The number of rotatable bonds is 5. The van der Waals surface area contributed by atoms with Gasteiger partial charge >= 0.3 is 0 Å². The van der Waals surface area contributed by atoms with Crippen LogP contribution in [0.2, 0.25) is 0 Å². The third-order valence-corrected chi connectivity index (χ3v) is 3.02. The Kier molecular flexibility index (Phi) is 3.94. The molecule has 1 aliphatic carbocycles. The standard InChI is InChI=1S/C13H17F2NO/c1-2-16-12-6-3-9-7-10(4-5-11(9)12)17-8-13(14)15/h4-5,7,12-13,16H,2-3,6,8H2,1H3. The highest BCUT2D eigenvalue weighted by Gasteiger charge is 2.21. The Morgan fingerprint density at radius 2 is 2.29 bits per heavy atom. The van der Waals surface area contributed by atoms with Crippen molar-refractivity contribution in [2.45, 2.75) is 32.2 Å². The average Bonchev–Trinajstić information content (AvgIpc) is 2.70. The van der Waals surface area contributed by atoms with Gasteiger partial charge in [-0.3, -0.25) is 0 Å². The summed E-state index contributed by atoms with van der Waals surface area (Å²) in [5.41, 5.74) is 2.49. The molecular formula is C13H17F2NO. The molecule has 1 N–H and O–H groups in total. The van der Waals surface area contributed by atoms with E-state index in [1.807, 2.05) is 12.1 Å². The van der Waals surface area contributed by atoms with Crippen LogP contribution in [0.1, 0.15) is 30.5 Å². The van der Waals surface area contributed by atoms with Crippen LogP contribution >= 0.6 is 0 Å². The summed E-state index contributed by atoms with van der Waals surface area (Å²) in [6.07, 6.45) is -0.363. The average molecular weight is 241 g/mol. The second kappa shape index (κ2) is 5.45. The molecule has 1 aromatic rings. The quantitative estimate of drug-likeness (QED) is 0.855. The number of hydrogen-bond donors (Lipinski definition) is 1. The lowest BCUT2D eigenvalue weighted by molar-refractivity contribution is 0.0818. The summed E-state index contributed by atoms with van der Waals surface area (Å²) in [7, 11) is 0. The molecule has 4 heteroatoms. The maximum Gasteiger partial charge on any atom is 0.272 e. The molecular weight excluding hydrogens is 224 g/mol. The van der Waals surface area contributed by atoms with Crippen LogP contribution in [-0.2, 0) is 6.42 Å². The molecule has 0 fully saturated rings. The highest BCUT2D eigenvalue weighted by Crippen LogP contribution is 2.33. The van der Waals surface area contributed by atoms with Crippen molar-refractivity contribution in [3.05, 3.63) is 29.3 Å². The van der Waals surface area contributed by atoms with Gasteiger partial charge in [-0.15, -0.1) is 0 Å². The van der Waals surface area contributed by atoms with Gasteiger partial charge in [-0.1, -0.05) is 13.0 Å². The monoisotopic (exact) mass is 241 g/mol. The molecule has 0 aliphatic heterocycles. The summed E-state index contributed by atoms with van der Waals surface area (Å²) in [6.45, 7) is 2.49. The van der Waals surface area contributed by atoms with E-state index < -0.39 is 13.0 Å². The van der Waals surface area contributed by atoms with E-state index in [4.69, 9.17) is 4.74 Å². The maximum atomic E-state index is 12.0. The molecule has 1 aromatic carbocycles. The molecule has 1 atom stereocenters. The number of ether oxygens (including phenoxy) is 1.